The van der Waals surface area contributed by atoms with Crippen molar-refractivity contribution in [3.8, 4) is 11.1 Å². The predicted molar refractivity (Wildman–Crippen MR) is 73.2 cm³/mol. The van der Waals surface area contributed by atoms with Gasteiger partial charge >= 0.3 is 5.97 Å². The van der Waals surface area contributed by atoms with Crippen LogP contribution in [-0.2, 0) is 6.54 Å². The van der Waals surface area contributed by atoms with Crippen molar-refractivity contribution in [3.05, 3.63) is 52.4 Å². The van der Waals surface area contributed by atoms with Gasteiger partial charge in [0.2, 0.25) is 5.43 Å². The molecule has 0 fully saturated rings. The summed E-state index contributed by atoms with van der Waals surface area (Å²) in [6, 6.07) is 6.77. The van der Waals surface area contributed by atoms with Crippen molar-refractivity contribution in [1.29, 1.82) is 0 Å². The highest BCUT2D eigenvalue weighted by atomic mass is 16.4. The maximum Gasteiger partial charge on any atom is 0.341 e. The summed E-state index contributed by atoms with van der Waals surface area (Å²) in [4.78, 5) is 23.2. The van der Waals surface area contributed by atoms with E-state index >= 15 is 0 Å². The molecular formula is C14H14N2O3. The van der Waals surface area contributed by atoms with Crippen LogP contribution in [0.15, 0.2) is 41.5 Å². The number of carboxylic acids is 1. The number of carboxylic acid groups (broad SMARTS) is 1. The Hall–Kier alpha value is -2.56. The zero-order valence-electron chi connectivity index (χ0n) is 10.5. The number of aromatic carboxylic acids is 1. The first-order chi connectivity index (χ1) is 9.02. The molecule has 1 heterocycles. The number of pyridine rings is 1. The second-order valence-electron chi connectivity index (χ2n) is 4.17. The summed E-state index contributed by atoms with van der Waals surface area (Å²) < 4.78 is 1.68. The fraction of sp³-hybridized carbons (Fsp3) is 0.143. The summed E-state index contributed by atoms with van der Waals surface area (Å²) in [6.45, 7) is 2.46. The van der Waals surface area contributed by atoms with Crippen LogP contribution >= 0.6 is 0 Å². The quantitative estimate of drug-likeness (QED) is 0.822. The van der Waals surface area contributed by atoms with Crippen LogP contribution in [0.4, 0.5) is 5.69 Å². The molecule has 0 bridgehead atoms. The summed E-state index contributed by atoms with van der Waals surface area (Å²) in [6.07, 6.45) is 3.01. The van der Waals surface area contributed by atoms with Crippen LogP contribution in [0.5, 0.6) is 0 Å². The lowest BCUT2D eigenvalue weighted by atomic mass is 10.0. The zero-order chi connectivity index (χ0) is 14.0. The third kappa shape index (κ3) is 2.49. The number of aryl methyl sites for hydroxylation is 1. The van der Waals surface area contributed by atoms with Gasteiger partial charge in [-0.1, -0.05) is 12.1 Å². The smallest absolute Gasteiger partial charge is 0.341 e. The van der Waals surface area contributed by atoms with Crippen LogP contribution in [0.1, 0.15) is 17.3 Å². The molecule has 1 aromatic heterocycles. The lowest BCUT2D eigenvalue weighted by molar-refractivity contribution is 0.0694. The number of hydrogen-bond acceptors (Lipinski definition) is 3. The Balaban J connectivity index is 2.68. The fourth-order valence-electron chi connectivity index (χ4n) is 1.83. The van der Waals surface area contributed by atoms with E-state index in [0.717, 1.165) is 0 Å². The first-order valence-corrected chi connectivity index (χ1v) is 5.86. The molecule has 0 atom stereocenters. The number of hydrogen-bond donors (Lipinski definition) is 2. The SMILES string of the molecule is CCn1cc(C(=O)O)c(=O)c(-c2ccc(N)cc2)c1. The number of carbonyl (C=O) groups is 1. The third-order valence-corrected chi connectivity index (χ3v) is 2.90. The molecule has 0 unspecified atom stereocenters. The standard InChI is InChI=1S/C14H14N2O3/c1-2-16-7-11(9-3-5-10(15)6-4-9)13(17)12(8-16)14(18)19/h3-8H,2,15H2,1H3,(H,18,19). The average Bonchev–Trinajstić information content (AvgIpc) is 2.40. The molecule has 0 radical (unpaired) electrons. The molecule has 0 aliphatic heterocycles. The van der Waals surface area contributed by atoms with E-state index in [0.29, 0.717) is 23.4 Å². The van der Waals surface area contributed by atoms with Gasteiger partial charge in [-0.25, -0.2) is 4.79 Å². The number of rotatable bonds is 3. The van der Waals surface area contributed by atoms with Crippen LogP contribution in [0.3, 0.4) is 0 Å². The highest BCUT2D eigenvalue weighted by Crippen LogP contribution is 2.17. The maximum atomic E-state index is 12.1. The second kappa shape index (κ2) is 4.97. The largest absolute Gasteiger partial charge is 0.477 e. The molecule has 0 amide bonds. The minimum absolute atomic E-state index is 0.226. The molecular weight excluding hydrogens is 244 g/mol. The van der Waals surface area contributed by atoms with Crippen molar-refractivity contribution in [2.24, 2.45) is 0 Å². The molecule has 2 aromatic rings. The van der Waals surface area contributed by atoms with Gasteiger partial charge in [0, 0.05) is 30.2 Å². The number of anilines is 1. The van der Waals surface area contributed by atoms with E-state index < -0.39 is 11.4 Å². The molecule has 0 spiro atoms. The molecule has 19 heavy (non-hydrogen) atoms. The fourth-order valence-corrected chi connectivity index (χ4v) is 1.83. The lowest BCUT2D eigenvalue weighted by Crippen LogP contribution is -2.19. The Morgan fingerprint density at radius 2 is 1.89 bits per heavy atom. The number of aromatic nitrogens is 1. The Labute approximate surface area is 109 Å². The molecule has 3 N–H and O–H groups in total. The van der Waals surface area contributed by atoms with Crippen molar-refractivity contribution in [3.63, 3.8) is 0 Å². The van der Waals surface area contributed by atoms with E-state index in [1.54, 1.807) is 35.0 Å². The molecule has 98 valence electrons. The van der Waals surface area contributed by atoms with Gasteiger partial charge in [0.05, 0.1) is 0 Å². The van der Waals surface area contributed by atoms with Crippen molar-refractivity contribution < 1.29 is 9.90 Å². The van der Waals surface area contributed by atoms with Crippen LogP contribution in [0.25, 0.3) is 11.1 Å². The van der Waals surface area contributed by atoms with Crippen LogP contribution in [0.2, 0.25) is 0 Å². The van der Waals surface area contributed by atoms with Crippen molar-refractivity contribution >= 4 is 11.7 Å². The highest BCUT2D eigenvalue weighted by molar-refractivity contribution is 5.88. The van der Waals surface area contributed by atoms with Crippen LogP contribution in [-0.4, -0.2) is 15.6 Å². The van der Waals surface area contributed by atoms with Crippen molar-refractivity contribution in [2.45, 2.75) is 13.5 Å². The Morgan fingerprint density at radius 1 is 1.26 bits per heavy atom. The van der Waals surface area contributed by atoms with Crippen molar-refractivity contribution in [1.82, 2.24) is 4.57 Å². The van der Waals surface area contributed by atoms with Crippen molar-refractivity contribution in [2.75, 3.05) is 5.73 Å². The topological polar surface area (TPSA) is 85.3 Å². The van der Waals surface area contributed by atoms with E-state index in [1.807, 2.05) is 6.92 Å². The second-order valence-corrected chi connectivity index (χ2v) is 4.17. The van der Waals surface area contributed by atoms with Gasteiger partial charge in [-0.15, -0.1) is 0 Å². The zero-order valence-corrected chi connectivity index (χ0v) is 10.5. The van der Waals surface area contributed by atoms with E-state index in [2.05, 4.69) is 0 Å². The lowest BCUT2D eigenvalue weighted by Gasteiger charge is -2.08. The van der Waals surface area contributed by atoms with Gasteiger partial charge in [0.15, 0.2) is 0 Å². The third-order valence-electron chi connectivity index (χ3n) is 2.90. The van der Waals surface area contributed by atoms with E-state index in [-0.39, 0.29) is 5.56 Å². The molecule has 2 rings (SSSR count). The number of nitrogens with two attached hydrogens (primary N) is 1. The van der Waals surface area contributed by atoms with Crippen LogP contribution < -0.4 is 11.2 Å². The summed E-state index contributed by atoms with van der Waals surface area (Å²) in [5.41, 5.74) is 6.50. The average molecular weight is 258 g/mol. The molecule has 0 saturated heterocycles. The number of benzene rings is 1. The van der Waals surface area contributed by atoms with E-state index in [9.17, 15) is 9.59 Å². The molecule has 1 aromatic carbocycles. The Morgan fingerprint density at radius 3 is 2.42 bits per heavy atom. The summed E-state index contributed by atoms with van der Waals surface area (Å²) in [5, 5.41) is 9.07. The molecule has 5 nitrogen and oxygen atoms in total. The normalized spacial score (nSPS) is 10.4. The predicted octanol–water partition coefficient (Wildman–Crippen LogP) is 1.82. The first-order valence-electron chi connectivity index (χ1n) is 5.86. The number of nitrogens with zero attached hydrogens (tertiary/aromatic N) is 1. The minimum atomic E-state index is -1.22. The molecule has 5 heteroatoms. The van der Waals surface area contributed by atoms with Gasteiger partial charge in [-0.3, -0.25) is 4.79 Å². The number of nitrogen functional groups attached to an aromatic ring is 1. The molecule has 0 aliphatic rings. The first kappa shape index (κ1) is 12.9. The monoisotopic (exact) mass is 258 g/mol. The highest BCUT2D eigenvalue weighted by Gasteiger charge is 2.14. The Kier molecular flexibility index (Phi) is 3.37. The van der Waals surface area contributed by atoms with E-state index in [1.165, 1.54) is 6.20 Å². The summed E-state index contributed by atoms with van der Waals surface area (Å²) in [7, 11) is 0. The Bertz CT molecular complexity index is 672. The van der Waals surface area contributed by atoms with Gasteiger partial charge in [0.1, 0.15) is 5.56 Å². The summed E-state index contributed by atoms with van der Waals surface area (Å²) in [5.74, 6) is -1.22. The van der Waals surface area contributed by atoms with E-state index in [4.69, 9.17) is 10.8 Å². The van der Waals surface area contributed by atoms with Gasteiger partial charge in [-0.05, 0) is 24.6 Å². The van der Waals surface area contributed by atoms with Gasteiger partial charge < -0.3 is 15.4 Å². The summed E-state index contributed by atoms with van der Waals surface area (Å²) >= 11 is 0. The molecule has 0 saturated carbocycles. The van der Waals surface area contributed by atoms with Gasteiger partial charge in [0.25, 0.3) is 0 Å². The van der Waals surface area contributed by atoms with Gasteiger partial charge in [-0.2, -0.15) is 0 Å². The minimum Gasteiger partial charge on any atom is -0.477 e. The van der Waals surface area contributed by atoms with Crippen LogP contribution in [0, 0.1) is 0 Å². The maximum absolute atomic E-state index is 12.1. The molecule has 0 aliphatic carbocycles.